The summed E-state index contributed by atoms with van der Waals surface area (Å²) < 4.78 is 2.06. The molecule has 0 fully saturated rings. The average molecular weight is 261 g/mol. The molecule has 5 nitrogen and oxygen atoms in total. The number of rotatable bonds is 6. The van der Waals surface area contributed by atoms with Crippen LogP contribution in [0.2, 0.25) is 0 Å². The molecule has 0 bridgehead atoms. The molecular weight excluding hydrogens is 238 g/mol. The largest absolute Gasteiger partial charge is 0.330 e. The van der Waals surface area contributed by atoms with Gasteiger partial charge in [-0.2, -0.15) is 0 Å². The maximum atomic E-state index is 5.64. The molecule has 0 saturated carbocycles. The molecule has 19 heavy (non-hydrogen) atoms. The molecule has 0 saturated heterocycles. The van der Waals surface area contributed by atoms with E-state index in [9.17, 15) is 0 Å². The van der Waals surface area contributed by atoms with Gasteiger partial charge in [0.1, 0.15) is 11.6 Å². The van der Waals surface area contributed by atoms with Gasteiger partial charge in [-0.3, -0.25) is 4.40 Å². The molecule has 0 aliphatic heterocycles. The Kier molecular flexibility index (Phi) is 4.47. The van der Waals surface area contributed by atoms with Gasteiger partial charge in [-0.25, -0.2) is 4.98 Å². The topological polar surface area (TPSA) is 69.1 Å². The summed E-state index contributed by atoms with van der Waals surface area (Å²) in [5.74, 6) is 2.65. The van der Waals surface area contributed by atoms with Gasteiger partial charge in [0.25, 0.3) is 0 Å². The fraction of sp³-hybridized carbons (Fsp3) is 0.643. The number of nitrogens with zero attached hydrogens (tertiary/aromatic N) is 4. The lowest BCUT2D eigenvalue weighted by molar-refractivity contribution is 0.438. The van der Waals surface area contributed by atoms with Crippen LogP contribution in [-0.2, 0) is 6.42 Å². The smallest absolute Gasteiger partial charge is 0.164 e. The highest BCUT2D eigenvalue weighted by molar-refractivity contribution is 5.39. The number of nitrogens with two attached hydrogens (primary N) is 1. The molecule has 0 amide bonds. The maximum absolute atomic E-state index is 5.64. The van der Waals surface area contributed by atoms with Gasteiger partial charge in [-0.1, -0.05) is 13.3 Å². The van der Waals surface area contributed by atoms with E-state index in [0.29, 0.717) is 5.92 Å². The average Bonchev–Trinajstić information content (AvgIpc) is 2.77. The van der Waals surface area contributed by atoms with Crippen molar-refractivity contribution in [1.82, 2.24) is 19.6 Å². The quantitative estimate of drug-likeness (QED) is 0.864. The Hall–Kier alpha value is -1.49. The van der Waals surface area contributed by atoms with E-state index >= 15 is 0 Å². The first-order valence-electron chi connectivity index (χ1n) is 7.04. The summed E-state index contributed by atoms with van der Waals surface area (Å²) in [5.41, 5.74) is 7.52. The van der Waals surface area contributed by atoms with E-state index in [2.05, 4.69) is 26.5 Å². The lowest BCUT2D eigenvalue weighted by Crippen LogP contribution is -2.10. The van der Waals surface area contributed by atoms with E-state index < -0.39 is 0 Å². The van der Waals surface area contributed by atoms with Gasteiger partial charge >= 0.3 is 0 Å². The first-order valence-corrected chi connectivity index (χ1v) is 7.04. The summed E-state index contributed by atoms with van der Waals surface area (Å²) in [6.07, 6.45) is 4.31. The highest BCUT2D eigenvalue weighted by Gasteiger charge is 2.12. The Bertz CT molecular complexity index is 546. The summed E-state index contributed by atoms with van der Waals surface area (Å²) >= 11 is 0. The van der Waals surface area contributed by atoms with Crippen LogP contribution in [0.4, 0.5) is 0 Å². The second-order valence-corrected chi connectivity index (χ2v) is 5.14. The minimum Gasteiger partial charge on any atom is -0.330 e. The molecule has 2 aromatic heterocycles. The molecule has 2 N–H and O–H groups in total. The normalized spacial score (nSPS) is 13.1. The number of fused-ring (bicyclic) bond motifs is 1. The fourth-order valence-electron chi connectivity index (χ4n) is 2.58. The van der Waals surface area contributed by atoms with Crippen molar-refractivity contribution < 1.29 is 0 Å². The third-order valence-electron chi connectivity index (χ3n) is 3.68. The molecule has 1 unspecified atom stereocenters. The van der Waals surface area contributed by atoms with Crippen LogP contribution in [0, 0.1) is 19.8 Å². The molecule has 0 spiro atoms. The molecule has 104 valence electrons. The predicted molar refractivity (Wildman–Crippen MR) is 76.0 cm³/mol. The lowest BCUT2D eigenvalue weighted by Gasteiger charge is -2.12. The van der Waals surface area contributed by atoms with Gasteiger partial charge in [0, 0.05) is 18.2 Å². The van der Waals surface area contributed by atoms with Crippen molar-refractivity contribution in [1.29, 1.82) is 0 Å². The molecule has 1 atom stereocenters. The molecule has 0 aliphatic carbocycles. The van der Waals surface area contributed by atoms with E-state index in [1.165, 1.54) is 6.42 Å². The molecule has 5 heteroatoms. The van der Waals surface area contributed by atoms with Crippen LogP contribution in [-0.4, -0.2) is 26.1 Å². The fourth-order valence-corrected chi connectivity index (χ4v) is 2.58. The van der Waals surface area contributed by atoms with Gasteiger partial charge in [0.05, 0.1) is 0 Å². The van der Waals surface area contributed by atoms with Crippen molar-refractivity contribution >= 4 is 5.65 Å². The molecule has 0 aliphatic rings. The standard InChI is InChI=1S/C14H23N5/c1-4-12(7-8-15)5-6-13-17-18-14-9-10(2)16-11(3)19(13)14/h9,12H,4-8,15H2,1-3H3. The summed E-state index contributed by atoms with van der Waals surface area (Å²) in [6, 6.07) is 1.97. The molecular formula is C14H23N5. The van der Waals surface area contributed by atoms with E-state index in [-0.39, 0.29) is 0 Å². The van der Waals surface area contributed by atoms with Gasteiger partial charge in [0.2, 0.25) is 0 Å². The highest BCUT2D eigenvalue weighted by Crippen LogP contribution is 2.16. The van der Waals surface area contributed by atoms with Crippen LogP contribution < -0.4 is 5.73 Å². The Morgan fingerprint density at radius 2 is 2.05 bits per heavy atom. The van der Waals surface area contributed by atoms with Crippen molar-refractivity contribution in [2.24, 2.45) is 11.7 Å². The lowest BCUT2D eigenvalue weighted by atomic mass is 9.96. The summed E-state index contributed by atoms with van der Waals surface area (Å²) in [7, 11) is 0. The minimum absolute atomic E-state index is 0.677. The van der Waals surface area contributed by atoms with Crippen LogP contribution in [0.5, 0.6) is 0 Å². The van der Waals surface area contributed by atoms with Crippen molar-refractivity contribution in [3.05, 3.63) is 23.4 Å². The van der Waals surface area contributed by atoms with Crippen LogP contribution in [0.3, 0.4) is 0 Å². The summed E-state index contributed by atoms with van der Waals surface area (Å²) in [6.45, 7) is 6.97. The summed E-state index contributed by atoms with van der Waals surface area (Å²) in [4.78, 5) is 4.48. The van der Waals surface area contributed by atoms with Crippen molar-refractivity contribution in [2.45, 2.75) is 46.5 Å². The second-order valence-electron chi connectivity index (χ2n) is 5.14. The number of hydrogen-bond donors (Lipinski definition) is 1. The monoisotopic (exact) mass is 261 g/mol. The number of aryl methyl sites for hydroxylation is 3. The molecule has 2 aromatic rings. The molecule has 0 aromatic carbocycles. The number of hydrogen-bond acceptors (Lipinski definition) is 4. The van der Waals surface area contributed by atoms with Crippen LogP contribution in [0.1, 0.15) is 43.5 Å². The molecule has 2 heterocycles. The first kappa shape index (κ1) is 13.9. The third kappa shape index (κ3) is 3.10. The Morgan fingerprint density at radius 1 is 1.26 bits per heavy atom. The van der Waals surface area contributed by atoms with Gasteiger partial charge < -0.3 is 5.73 Å². The Morgan fingerprint density at radius 3 is 2.74 bits per heavy atom. The van der Waals surface area contributed by atoms with Crippen molar-refractivity contribution in [2.75, 3.05) is 6.54 Å². The van der Waals surface area contributed by atoms with Gasteiger partial charge in [-0.05, 0) is 39.2 Å². The van der Waals surface area contributed by atoms with Gasteiger partial charge in [0.15, 0.2) is 5.65 Å². The Balaban J connectivity index is 2.17. The third-order valence-corrected chi connectivity index (χ3v) is 3.68. The van der Waals surface area contributed by atoms with E-state index in [0.717, 1.165) is 48.8 Å². The van der Waals surface area contributed by atoms with Crippen LogP contribution >= 0.6 is 0 Å². The zero-order valence-electron chi connectivity index (χ0n) is 12.1. The Labute approximate surface area is 114 Å². The predicted octanol–water partition coefficient (Wildman–Crippen LogP) is 2.05. The van der Waals surface area contributed by atoms with Crippen molar-refractivity contribution in [3.63, 3.8) is 0 Å². The van der Waals surface area contributed by atoms with Crippen LogP contribution in [0.15, 0.2) is 6.07 Å². The second kappa shape index (κ2) is 6.10. The SMILES string of the molecule is CCC(CCN)CCc1nnc2cc(C)nc(C)n12. The van der Waals surface area contributed by atoms with E-state index in [4.69, 9.17) is 5.73 Å². The molecule has 2 rings (SSSR count). The number of aromatic nitrogens is 4. The van der Waals surface area contributed by atoms with Gasteiger partial charge in [-0.15, -0.1) is 10.2 Å². The summed E-state index contributed by atoms with van der Waals surface area (Å²) in [5, 5.41) is 8.54. The van der Waals surface area contributed by atoms with E-state index in [1.54, 1.807) is 0 Å². The van der Waals surface area contributed by atoms with Crippen LogP contribution in [0.25, 0.3) is 5.65 Å². The first-order chi connectivity index (χ1) is 9.15. The highest BCUT2D eigenvalue weighted by atomic mass is 15.3. The zero-order valence-corrected chi connectivity index (χ0v) is 12.1. The zero-order chi connectivity index (χ0) is 13.8. The van der Waals surface area contributed by atoms with Crippen molar-refractivity contribution in [3.8, 4) is 0 Å². The minimum atomic E-state index is 0.677. The maximum Gasteiger partial charge on any atom is 0.164 e. The van der Waals surface area contributed by atoms with E-state index in [1.807, 2.05) is 19.9 Å². The molecule has 0 radical (unpaired) electrons.